The molecule has 0 amide bonds. The number of halogens is 1. The van der Waals surface area contributed by atoms with Gasteiger partial charge in [-0.3, -0.25) is 13.9 Å². The minimum absolute atomic E-state index is 0.0477. The number of aliphatic imine (C=N–C) groups is 1. The molecule has 1 heterocycles. The predicted molar refractivity (Wildman–Crippen MR) is 122 cm³/mol. The summed E-state index contributed by atoms with van der Waals surface area (Å²) in [6.07, 6.45) is 8.60. The van der Waals surface area contributed by atoms with Crippen molar-refractivity contribution in [3.8, 4) is 0 Å². The summed E-state index contributed by atoms with van der Waals surface area (Å²) in [5.74, 6) is 0.305. The summed E-state index contributed by atoms with van der Waals surface area (Å²) >= 11 is 0. The number of hydrogen-bond donors (Lipinski definition) is 1. The van der Waals surface area contributed by atoms with Crippen molar-refractivity contribution >= 4 is 11.7 Å². The Morgan fingerprint density at radius 3 is 2.59 bits per heavy atom. The first-order chi connectivity index (χ1) is 15.4. The Hall–Kier alpha value is -3.00. The van der Waals surface area contributed by atoms with E-state index in [1.807, 2.05) is 6.08 Å². The molecule has 32 heavy (non-hydrogen) atoms. The molecule has 7 nitrogen and oxygen atoms in total. The van der Waals surface area contributed by atoms with E-state index in [2.05, 4.69) is 4.99 Å². The molecule has 1 aliphatic carbocycles. The zero-order valence-electron chi connectivity index (χ0n) is 18.6. The summed E-state index contributed by atoms with van der Waals surface area (Å²) in [6.45, 7) is 1.67. The number of aliphatic hydroxyl groups excluding tert-OH is 1. The molecule has 0 saturated heterocycles. The maximum atomic E-state index is 13.1. The molecule has 2 aromatic rings. The van der Waals surface area contributed by atoms with Gasteiger partial charge in [0.25, 0.3) is 5.56 Å². The Bertz CT molecular complexity index is 1060. The molecule has 0 radical (unpaired) electrons. The van der Waals surface area contributed by atoms with Crippen LogP contribution in [-0.4, -0.2) is 32.8 Å². The van der Waals surface area contributed by atoms with Crippen LogP contribution < -0.4 is 11.2 Å². The number of hydrogen-bond acceptors (Lipinski definition) is 5. The lowest BCUT2D eigenvalue weighted by Gasteiger charge is -2.15. The lowest BCUT2D eigenvalue weighted by atomic mass is 10.1. The maximum absolute atomic E-state index is 13.1. The number of ether oxygens (including phenoxy) is 1. The normalized spacial score (nSPS) is 15.1. The number of aliphatic hydroxyl groups is 1. The molecule has 1 aromatic carbocycles. The number of allylic oxidation sites excluding steroid dienone is 1. The van der Waals surface area contributed by atoms with E-state index in [1.165, 1.54) is 16.7 Å². The van der Waals surface area contributed by atoms with Crippen LogP contribution in [0.1, 0.15) is 43.2 Å². The zero-order valence-corrected chi connectivity index (χ0v) is 18.6. The molecule has 1 fully saturated rings. The topological polar surface area (TPSA) is 85.8 Å². The second-order valence-corrected chi connectivity index (χ2v) is 8.03. The quantitative estimate of drug-likeness (QED) is 0.502. The second-order valence-electron chi connectivity index (χ2n) is 8.03. The van der Waals surface area contributed by atoms with Crippen LogP contribution in [0.4, 0.5) is 10.2 Å². The van der Waals surface area contributed by atoms with Gasteiger partial charge >= 0.3 is 5.69 Å². The highest BCUT2D eigenvalue weighted by Crippen LogP contribution is 2.22. The smallest absolute Gasteiger partial charge is 0.332 e. The second kappa shape index (κ2) is 11.0. The predicted octanol–water partition coefficient (Wildman–Crippen LogP) is 3.17. The van der Waals surface area contributed by atoms with E-state index in [0.29, 0.717) is 24.3 Å². The van der Waals surface area contributed by atoms with Crippen molar-refractivity contribution in [1.82, 2.24) is 9.13 Å². The molecule has 1 N–H and O–H groups in total. The Morgan fingerprint density at radius 1 is 1.25 bits per heavy atom. The summed E-state index contributed by atoms with van der Waals surface area (Å²) in [5, 5.41) is 9.05. The Kier molecular flexibility index (Phi) is 8.16. The number of aromatic nitrogens is 2. The van der Waals surface area contributed by atoms with Crippen LogP contribution in [0.5, 0.6) is 0 Å². The minimum Gasteiger partial charge on any atom is -0.474 e. The lowest BCUT2D eigenvalue weighted by molar-refractivity contribution is 0.198. The molecular formula is C24H30FN3O4. The molecule has 0 atom stereocenters. The average molecular weight is 444 g/mol. The number of rotatable bonds is 8. The largest absolute Gasteiger partial charge is 0.474 e. The van der Waals surface area contributed by atoms with Gasteiger partial charge in [-0.05, 0) is 69.2 Å². The zero-order chi connectivity index (χ0) is 23.1. The van der Waals surface area contributed by atoms with Gasteiger partial charge in [-0.2, -0.15) is 4.99 Å². The van der Waals surface area contributed by atoms with E-state index in [-0.39, 0.29) is 30.9 Å². The van der Waals surface area contributed by atoms with Gasteiger partial charge in [0.1, 0.15) is 17.7 Å². The highest BCUT2D eigenvalue weighted by Gasteiger charge is 2.19. The third kappa shape index (κ3) is 5.82. The van der Waals surface area contributed by atoms with Crippen molar-refractivity contribution in [3.63, 3.8) is 0 Å². The number of benzene rings is 1. The maximum Gasteiger partial charge on any atom is 0.332 e. The molecule has 0 unspecified atom stereocenters. The molecule has 0 spiro atoms. The summed E-state index contributed by atoms with van der Waals surface area (Å²) in [4.78, 5) is 30.0. The van der Waals surface area contributed by atoms with Gasteiger partial charge in [0.15, 0.2) is 0 Å². The molecular weight excluding hydrogens is 413 g/mol. The fourth-order valence-electron chi connectivity index (χ4n) is 3.79. The Morgan fingerprint density at radius 2 is 1.94 bits per heavy atom. The van der Waals surface area contributed by atoms with Crippen molar-refractivity contribution in [2.24, 2.45) is 12.0 Å². The van der Waals surface area contributed by atoms with Crippen molar-refractivity contribution < 1.29 is 14.2 Å². The molecule has 1 aliphatic rings. The molecule has 8 heteroatoms. The van der Waals surface area contributed by atoms with Gasteiger partial charge in [-0.15, -0.1) is 0 Å². The van der Waals surface area contributed by atoms with E-state index < -0.39 is 11.2 Å². The van der Waals surface area contributed by atoms with Crippen LogP contribution in [0.25, 0.3) is 0 Å². The standard InChI is InChI=1S/C24H30FN3O4/c1-17-22(27(2)24(31)28(23(17)30)15-6-16-29)26-21(32-20-8-3-4-9-20)10-5-7-18-11-13-19(25)14-12-18/h5,10-14,20,29H,3-4,6-9,15-16H2,1-2H3/b10-5-,26-21+. The van der Waals surface area contributed by atoms with Crippen molar-refractivity contribution in [1.29, 1.82) is 0 Å². The summed E-state index contributed by atoms with van der Waals surface area (Å²) in [6, 6.07) is 6.26. The Balaban J connectivity index is 1.93. The van der Waals surface area contributed by atoms with Crippen LogP contribution >= 0.6 is 0 Å². The lowest BCUT2D eigenvalue weighted by Crippen LogP contribution is -2.40. The molecule has 172 valence electrons. The van der Waals surface area contributed by atoms with Gasteiger partial charge < -0.3 is 9.84 Å². The first-order valence-corrected chi connectivity index (χ1v) is 11.0. The van der Waals surface area contributed by atoms with Gasteiger partial charge in [-0.1, -0.05) is 18.2 Å². The summed E-state index contributed by atoms with van der Waals surface area (Å²) in [7, 11) is 1.57. The third-order valence-corrected chi connectivity index (χ3v) is 5.61. The first-order valence-electron chi connectivity index (χ1n) is 11.0. The van der Waals surface area contributed by atoms with E-state index in [4.69, 9.17) is 9.84 Å². The van der Waals surface area contributed by atoms with E-state index >= 15 is 0 Å². The highest BCUT2D eigenvalue weighted by molar-refractivity contribution is 5.89. The molecule has 1 aromatic heterocycles. The molecule has 3 rings (SSSR count). The minimum atomic E-state index is -0.483. The average Bonchev–Trinajstić information content (AvgIpc) is 3.29. The summed E-state index contributed by atoms with van der Waals surface area (Å²) < 4.78 is 21.7. The van der Waals surface area contributed by atoms with Crippen LogP contribution in [-0.2, 0) is 24.8 Å². The molecule has 1 saturated carbocycles. The van der Waals surface area contributed by atoms with Crippen LogP contribution in [0.3, 0.4) is 0 Å². The van der Waals surface area contributed by atoms with Crippen molar-refractivity contribution in [3.05, 3.63) is 74.2 Å². The van der Waals surface area contributed by atoms with E-state index in [0.717, 1.165) is 35.8 Å². The number of nitrogens with zero attached hydrogens (tertiary/aromatic N) is 3. The van der Waals surface area contributed by atoms with Crippen LogP contribution in [0.15, 0.2) is 51.0 Å². The Labute approximate surface area is 186 Å². The molecule has 0 aliphatic heterocycles. The van der Waals surface area contributed by atoms with Gasteiger partial charge in [-0.25, -0.2) is 9.18 Å². The van der Waals surface area contributed by atoms with Gasteiger partial charge in [0.2, 0.25) is 5.90 Å². The monoisotopic (exact) mass is 443 g/mol. The highest BCUT2D eigenvalue weighted by atomic mass is 19.1. The fraction of sp³-hybridized carbons (Fsp3) is 0.458. The van der Waals surface area contributed by atoms with Crippen molar-refractivity contribution in [2.75, 3.05) is 6.61 Å². The van der Waals surface area contributed by atoms with Gasteiger partial charge in [0, 0.05) is 20.2 Å². The first kappa shape index (κ1) is 23.7. The van der Waals surface area contributed by atoms with Crippen molar-refractivity contribution in [2.45, 2.75) is 58.1 Å². The third-order valence-electron chi connectivity index (χ3n) is 5.61. The SMILES string of the molecule is Cc1c(/N=C(\C=C/Cc2ccc(F)cc2)OC2CCCC2)n(C)c(=O)n(CCCO)c1=O. The van der Waals surface area contributed by atoms with Crippen LogP contribution in [0, 0.1) is 12.7 Å². The van der Waals surface area contributed by atoms with E-state index in [1.54, 1.807) is 32.2 Å². The fourth-order valence-corrected chi connectivity index (χ4v) is 3.79. The van der Waals surface area contributed by atoms with E-state index in [9.17, 15) is 14.0 Å². The van der Waals surface area contributed by atoms with Gasteiger partial charge in [0.05, 0.1) is 5.56 Å². The van der Waals surface area contributed by atoms with Crippen LogP contribution in [0.2, 0.25) is 0 Å². The summed E-state index contributed by atoms with van der Waals surface area (Å²) in [5.41, 5.74) is 0.376. The molecule has 0 bridgehead atoms.